The number of amides is 1. The van der Waals surface area contributed by atoms with Gasteiger partial charge in [0.1, 0.15) is 5.82 Å². The van der Waals surface area contributed by atoms with Crippen LogP contribution in [0.15, 0.2) is 12.1 Å². The van der Waals surface area contributed by atoms with Crippen molar-refractivity contribution >= 4 is 35.0 Å². The standard InChI is InChI=1S/C10H10Cl2FNO2/c1-5(2)16-10(15)14-9-7(11)3-6(13)4-8(9)12/h3-5H,1-2H3,(H,14,15). The number of benzene rings is 1. The van der Waals surface area contributed by atoms with Crippen molar-refractivity contribution in [2.24, 2.45) is 0 Å². The normalized spacial score (nSPS) is 10.4. The second-order valence-corrected chi connectivity index (χ2v) is 4.14. The van der Waals surface area contributed by atoms with E-state index in [0.717, 1.165) is 12.1 Å². The molecule has 1 N–H and O–H groups in total. The van der Waals surface area contributed by atoms with Gasteiger partial charge in [0.2, 0.25) is 0 Å². The highest BCUT2D eigenvalue weighted by molar-refractivity contribution is 6.39. The third-order valence-electron chi connectivity index (χ3n) is 1.58. The maximum absolute atomic E-state index is 12.8. The zero-order chi connectivity index (χ0) is 12.3. The molecule has 0 aliphatic carbocycles. The van der Waals surface area contributed by atoms with E-state index < -0.39 is 11.9 Å². The number of carbonyl (C=O) groups is 1. The van der Waals surface area contributed by atoms with Crippen molar-refractivity contribution in [3.8, 4) is 0 Å². The van der Waals surface area contributed by atoms with Crippen molar-refractivity contribution in [3.05, 3.63) is 28.0 Å². The van der Waals surface area contributed by atoms with Crippen molar-refractivity contribution in [2.45, 2.75) is 20.0 Å². The molecule has 3 nitrogen and oxygen atoms in total. The molecule has 1 aromatic rings. The number of ether oxygens (including phenoxy) is 1. The number of rotatable bonds is 2. The van der Waals surface area contributed by atoms with Crippen LogP contribution >= 0.6 is 23.2 Å². The van der Waals surface area contributed by atoms with Gasteiger partial charge in [-0.1, -0.05) is 23.2 Å². The lowest BCUT2D eigenvalue weighted by molar-refractivity contribution is 0.130. The lowest BCUT2D eigenvalue weighted by atomic mass is 10.3. The minimum atomic E-state index is -0.689. The summed E-state index contributed by atoms with van der Waals surface area (Å²) in [6.45, 7) is 3.40. The Labute approximate surface area is 102 Å². The van der Waals surface area contributed by atoms with Crippen LogP contribution in [0, 0.1) is 5.82 Å². The molecule has 88 valence electrons. The van der Waals surface area contributed by atoms with Crippen molar-refractivity contribution < 1.29 is 13.9 Å². The molecule has 0 aliphatic rings. The SMILES string of the molecule is CC(C)OC(=O)Nc1c(Cl)cc(F)cc1Cl. The van der Waals surface area contributed by atoms with E-state index in [1.54, 1.807) is 13.8 Å². The Hall–Kier alpha value is -1.00. The Balaban J connectivity index is 2.85. The zero-order valence-electron chi connectivity index (χ0n) is 8.68. The number of carbonyl (C=O) groups excluding carboxylic acids is 1. The van der Waals surface area contributed by atoms with Gasteiger partial charge in [0.25, 0.3) is 0 Å². The minimum absolute atomic E-state index is 0.0192. The topological polar surface area (TPSA) is 38.3 Å². The molecule has 0 unspecified atom stereocenters. The Morgan fingerprint density at radius 2 is 1.88 bits per heavy atom. The molecule has 0 saturated carbocycles. The third-order valence-corrected chi connectivity index (χ3v) is 2.17. The van der Waals surface area contributed by atoms with E-state index in [-0.39, 0.29) is 21.8 Å². The predicted octanol–water partition coefficient (Wildman–Crippen LogP) is 4.09. The molecule has 0 fully saturated rings. The second kappa shape index (κ2) is 5.37. The summed E-state index contributed by atoms with van der Waals surface area (Å²) >= 11 is 11.4. The van der Waals surface area contributed by atoms with E-state index in [1.165, 1.54) is 0 Å². The molecule has 0 radical (unpaired) electrons. The molecule has 0 heterocycles. The average Bonchev–Trinajstić information content (AvgIpc) is 2.09. The fourth-order valence-corrected chi connectivity index (χ4v) is 1.56. The van der Waals surface area contributed by atoms with Crippen LogP contribution in [0.5, 0.6) is 0 Å². The van der Waals surface area contributed by atoms with Crippen LogP contribution < -0.4 is 5.32 Å². The molecular weight excluding hydrogens is 256 g/mol. The summed E-state index contributed by atoms with van der Waals surface area (Å²) in [5.41, 5.74) is 0.135. The van der Waals surface area contributed by atoms with Gasteiger partial charge in [0, 0.05) is 0 Å². The number of nitrogens with one attached hydrogen (secondary N) is 1. The van der Waals surface area contributed by atoms with Gasteiger partial charge in [0.05, 0.1) is 21.8 Å². The van der Waals surface area contributed by atoms with E-state index in [4.69, 9.17) is 27.9 Å². The quantitative estimate of drug-likeness (QED) is 0.875. The molecule has 6 heteroatoms. The number of hydrogen-bond acceptors (Lipinski definition) is 2. The number of hydrogen-bond donors (Lipinski definition) is 1. The molecule has 0 aliphatic heterocycles. The first kappa shape index (κ1) is 13.1. The number of halogens is 3. The summed E-state index contributed by atoms with van der Waals surface area (Å²) < 4.78 is 17.7. The molecule has 0 aromatic heterocycles. The first-order valence-corrected chi connectivity index (χ1v) is 5.28. The smallest absolute Gasteiger partial charge is 0.411 e. The molecule has 1 rings (SSSR count). The third kappa shape index (κ3) is 3.54. The van der Waals surface area contributed by atoms with E-state index in [2.05, 4.69) is 5.32 Å². The summed E-state index contributed by atoms with van der Waals surface area (Å²) in [4.78, 5) is 11.3. The lowest BCUT2D eigenvalue weighted by Gasteiger charge is -2.11. The molecule has 1 aromatic carbocycles. The highest BCUT2D eigenvalue weighted by Gasteiger charge is 2.13. The van der Waals surface area contributed by atoms with Crippen LogP contribution in [-0.4, -0.2) is 12.2 Å². The largest absolute Gasteiger partial charge is 0.447 e. The Kier molecular flexibility index (Phi) is 4.38. The highest BCUT2D eigenvalue weighted by atomic mass is 35.5. The van der Waals surface area contributed by atoms with Crippen LogP contribution in [0.25, 0.3) is 0 Å². The van der Waals surface area contributed by atoms with Gasteiger partial charge in [0.15, 0.2) is 0 Å². The van der Waals surface area contributed by atoms with Crippen LogP contribution in [0.2, 0.25) is 10.0 Å². The van der Waals surface area contributed by atoms with Crippen LogP contribution in [0.4, 0.5) is 14.9 Å². The minimum Gasteiger partial charge on any atom is -0.447 e. The summed E-state index contributed by atoms with van der Waals surface area (Å²) in [6, 6.07) is 2.11. The first-order valence-electron chi connectivity index (χ1n) is 4.52. The van der Waals surface area contributed by atoms with Crippen molar-refractivity contribution in [1.82, 2.24) is 0 Å². The van der Waals surface area contributed by atoms with Crippen molar-refractivity contribution in [1.29, 1.82) is 0 Å². The molecule has 0 saturated heterocycles. The number of anilines is 1. The van der Waals surface area contributed by atoms with Gasteiger partial charge in [-0.15, -0.1) is 0 Å². The van der Waals surface area contributed by atoms with Gasteiger partial charge in [-0.3, -0.25) is 5.32 Å². The molecule has 16 heavy (non-hydrogen) atoms. The van der Waals surface area contributed by atoms with Gasteiger partial charge in [-0.2, -0.15) is 0 Å². The maximum atomic E-state index is 12.8. The summed E-state index contributed by atoms with van der Waals surface area (Å²) in [7, 11) is 0. The van der Waals surface area contributed by atoms with Crippen LogP contribution in [0.3, 0.4) is 0 Å². The summed E-state index contributed by atoms with van der Waals surface area (Å²) in [6.07, 6.45) is -0.955. The highest BCUT2D eigenvalue weighted by Crippen LogP contribution is 2.31. The lowest BCUT2D eigenvalue weighted by Crippen LogP contribution is -2.18. The molecule has 0 bridgehead atoms. The van der Waals surface area contributed by atoms with E-state index >= 15 is 0 Å². The second-order valence-electron chi connectivity index (χ2n) is 3.32. The first-order chi connectivity index (χ1) is 7.40. The van der Waals surface area contributed by atoms with Gasteiger partial charge < -0.3 is 4.74 Å². The van der Waals surface area contributed by atoms with Gasteiger partial charge in [-0.05, 0) is 26.0 Å². The Morgan fingerprint density at radius 1 is 1.38 bits per heavy atom. The molecule has 1 amide bonds. The Bertz CT molecular complexity index is 387. The van der Waals surface area contributed by atoms with Crippen molar-refractivity contribution in [2.75, 3.05) is 5.32 Å². The Morgan fingerprint density at radius 3 is 2.31 bits per heavy atom. The van der Waals surface area contributed by atoms with Crippen molar-refractivity contribution in [3.63, 3.8) is 0 Å². The van der Waals surface area contributed by atoms with Gasteiger partial charge in [-0.25, -0.2) is 9.18 Å². The predicted molar refractivity (Wildman–Crippen MR) is 61.7 cm³/mol. The van der Waals surface area contributed by atoms with Crippen LogP contribution in [-0.2, 0) is 4.74 Å². The molecule has 0 atom stereocenters. The molecule has 0 spiro atoms. The van der Waals surface area contributed by atoms with E-state index in [1.807, 2.05) is 0 Å². The maximum Gasteiger partial charge on any atom is 0.411 e. The fraction of sp³-hybridized carbons (Fsp3) is 0.300. The summed E-state index contributed by atoms with van der Waals surface area (Å²) in [5, 5.41) is 2.38. The summed E-state index contributed by atoms with van der Waals surface area (Å²) in [5.74, 6) is -0.572. The average molecular weight is 266 g/mol. The van der Waals surface area contributed by atoms with E-state index in [9.17, 15) is 9.18 Å². The van der Waals surface area contributed by atoms with Gasteiger partial charge >= 0.3 is 6.09 Å². The molecular formula is C10H10Cl2FNO2. The fourth-order valence-electron chi connectivity index (χ4n) is 1.01. The monoisotopic (exact) mass is 265 g/mol. The van der Waals surface area contributed by atoms with E-state index in [0.29, 0.717) is 0 Å². The van der Waals surface area contributed by atoms with Crippen LogP contribution in [0.1, 0.15) is 13.8 Å². The zero-order valence-corrected chi connectivity index (χ0v) is 10.2.